The van der Waals surface area contributed by atoms with Gasteiger partial charge in [0.05, 0.1) is 11.4 Å². The summed E-state index contributed by atoms with van der Waals surface area (Å²) in [6, 6.07) is 3.57. The van der Waals surface area contributed by atoms with Crippen LogP contribution in [0.3, 0.4) is 0 Å². The van der Waals surface area contributed by atoms with Crippen LogP contribution in [-0.4, -0.2) is 30.2 Å². The van der Waals surface area contributed by atoms with E-state index < -0.39 is 21.7 Å². The summed E-state index contributed by atoms with van der Waals surface area (Å²) < 4.78 is 54.7. The number of nitrogens with zero attached hydrogens (tertiary/aromatic N) is 2. The van der Waals surface area contributed by atoms with Crippen molar-refractivity contribution in [1.29, 1.82) is 0 Å². The Morgan fingerprint density at radius 3 is 2.85 bits per heavy atom. The predicted octanol–water partition coefficient (Wildman–Crippen LogP) is 1.87. The molecule has 0 spiro atoms. The standard InChI is InChI=1S/C10H11F2N3O3S2/c1-6(9(11)12)20(16,17)13-5-8-14-10(18-15-8)7-3-2-4-19-7/h2-4,6,9,13H,5H2,1H3. The smallest absolute Gasteiger partial charge is 0.268 e. The SMILES string of the molecule is CC(C(F)F)S(=O)(=O)NCc1noc(-c2cccs2)n1. The summed E-state index contributed by atoms with van der Waals surface area (Å²) in [6.07, 6.45) is -2.96. The Labute approximate surface area is 117 Å². The van der Waals surface area contributed by atoms with E-state index in [1.165, 1.54) is 11.3 Å². The van der Waals surface area contributed by atoms with Crippen molar-refractivity contribution in [2.24, 2.45) is 0 Å². The monoisotopic (exact) mass is 323 g/mol. The molecule has 0 saturated heterocycles. The average Bonchev–Trinajstić information content (AvgIpc) is 3.05. The van der Waals surface area contributed by atoms with E-state index in [1.54, 1.807) is 12.1 Å². The Morgan fingerprint density at radius 1 is 1.50 bits per heavy atom. The summed E-state index contributed by atoms with van der Waals surface area (Å²) in [5.41, 5.74) is 0. The van der Waals surface area contributed by atoms with Crippen LogP contribution in [0, 0.1) is 0 Å². The fourth-order valence-corrected chi connectivity index (χ4v) is 2.77. The van der Waals surface area contributed by atoms with Crippen LogP contribution in [0.2, 0.25) is 0 Å². The van der Waals surface area contributed by atoms with Gasteiger partial charge < -0.3 is 4.52 Å². The molecule has 20 heavy (non-hydrogen) atoms. The molecule has 10 heteroatoms. The molecule has 6 nitrogen and oxygen atoms in total. The van der Waals surface area contributed by atoms with Crippen LogP contribution in [-0.2, 0) is 16.6 Å². The third-order valence-electron chi connectivity index (χ3n) is 2.48. The summed E-state index contributed by atoms with van der Waals surface area (Å²) in [6.45, 7) is 0.634. The molecule has 0 fully saturated rings. The van der Waals surface area contributed by atoms with Crippen molar-refractivity contribution in [3.8, 4) is 10.8 Å². The van der Waals surface area contributed by atoms with Gasteiger partial charge in [-0.1, -0.05) is 11.2 Å². The van der Waals surface area contributed by atoms with Crippen molar-refractivity contribution in [1.82, 2.24) is 14.9 Å². The molecule has 0 aromatic carbocycles. The van der Waals surface area contributed by atoms with Gasteiger partial charge in [0.2, 0.25) is 10.0 Å². The van der Waals surface area contributed by atoms with Crippen LogP contribution >= 0.6 is 11.3 Å². The number of halogens is 2. The van der Waals surface area contributed by atoms with Crippen molar-refractivity contribution in [3.05, 3.63) is 23.3 Å². The largest absolute Gasteiger partial charge is 0.333 e. The Hall–Kier alpha value is -1.39. The highest BCUT2D eigenvalue weighted by molar-refractivity contribution is 7.90. The first-order valence-electron chi connectivity index (χ1n) is 5.53. The molecular weight excluding hydrogens is 312 g/mol. The van der Waals surface area contributed by atoms with Gasteiger partial charge in [0.15, 0.2) is 5.82 Å². The minimum atomic E-state index is -4.12. The Kier molecular flexibility index (Phi) is 4.45. The lowest BCUT2D eigenvalue weighted by molar-refractivity contribution is 0.146. The molecular formula is C10H11F2N3O3S2. The van der Waals surface area contributed by atoms with Gasteiger partial charge in [0.25, 0.3) is 12.3 Å². The molecule has 2 heterocycles. The maximum atomic E-state index is 12.4. The van der Waals surface area contributed by atoms with Gasteiger partial charge >= 0.3 is 0 Å². The number of sulfonamides is 1. The first-order chi connectivity index (χ1) is 9.40. The summed E-state index contributed by atoms with van der Waals surface area (Å²) in [7, 11) is -4.12. The number of aromatic nitrogens is 2. The second-order valence-corrected chi connectivity index (χ2v) is 6.97. The van der Waals surface area contributed by atoms with E-state index in [9.17, 15) is 17.2 Å². The first kappa shape index (κ1) is 15.0. The Morgan fingerprint density at radius 2 is 2.25 bits per heavy atom. The molecule has 0 aliphatic heterocycles. The summed E-state index contributed by atoms with van der Waals surface area (Å²) in [5.74, 6) is 0.342. The van der Waals surface area contributed by atoms with E-state index in [4.69, 9.17) is 4.52 Å². The maximum Gasteiger partial charge on any atom is 0.268 e. The maximum absolute atomic E-state index is 12.4. The molecule has 0 radical (unpaired) electrons. The third kappa shape index (κ3) is 3.38. The van der Waals surface area contributed by atoms with Crippen LogP contribution in [0.5, 0.6) is 0 Å². The van der Waals surface area contributed by atoms with Crippen molar-refractivity contribution in [2.45, 2.75) is 25.1 Å². The second-order valence-electron chi connectivity index (χ2n) is 3.90. The number of thiophene rings is 1. The Balaban J connectivity index is 2.02. The van der Waals surface area contributed by atoms with E-state index >= 15 is 0 Å². The van der Waals surface area contributed by atoms with E-state index in [2.05, 4.69) is 10.1 Å². The van der Waals surface area contributed by atoms with E-state index in [1.807, 2.05) is 10.1 Å². The third-order valence-corrected chi connectivity index (χ3v) is 5.07. The van der Waals surface area contributed by atoms with Gasteiger partial charge in [0, 0.05) is 0 Å². The van der Waals surface area contributed by atoms with E-state index in [0.29, 0.717) is 0 Å². The van der Waals surface area contributed by atoms with Crippen molar-refractivity contribution in [2.75, 3.05) is 0 Å². The number of rotatable bonds is 6. The molecule has 0 saturated carbocycles. The molecule has 2 rings (SSSR count). The number of hydrogen-bond acceptors (Lipinski definition) is 6. The molecule has 0 amide bonds. The zero-order valence-electron chi connectivity index (χ0n) is 10.3. The highest BCUT2D eigenvalue weighted by Crippen LogP contribution is 2.22. The fraction of sp³-hybridized carbons (Fsp3) is 0.400. The normalized spacial score (nSPS) is 13.8. The van der Waals surface area contributed by atoms with Crippen LogP contribution in [0.4, 0.5) is 8.78 Å². The highest BCUT2D eigenvalue weighted by Gasteiger charge is 2.29. The summed E-state index contributed by atoms with van der Waals surface area (Å²) in [4.78, 5) is 4.72. The summed E-state index contributed by atoms with van der Waals surface area (Å²) >= 11 is 1.39. The molecule has 0 bridgehead atoms. The molecule has 1 atom stereocenters. The number of hydrogen-bond donors (Lipinski definition) is 1. The first-order valence-corrected chi connectivity index (χ1v) is 7.96. The molecule has 2 aromatic heterocycles. The van der Waals surface area contributed by atoms with Gasteiger partial charge in [-0.3, -0.25) is 0 Å². The van der Waals surface area contributed by atoms with Gasteiger partial charge in [-0.15, -0.1) is 11.3 Å². The number of nitrogens with one attached hydrogen (secondary N) is 1. The lowest BCUT2D eigenvalue weighted by atomic mass is 10.5. The molecule has 1 N–H and O–H groups in total. The molecule has 0 aliphatic carbocycles. The van der Waals surface area contributed by atoms with Crippen LogP contribution < -0.4 is 4.72 Å². The molecule has 110 valence electrons. The van der Waals surface area contributed by atoms with Gasteiger partial charge in [-0.2, -0.15) is 4.98 Å². The lowest BCUT2D eigenvalue weighted by Crippen LogP contribution is -2.36. The van der Waals surface area contributed by atoms with Crippen molar-refractivity contribution in [3.63, 3.8) is 0 Å². The van der Waals surface area contributed by atoms with Crippen LogP contribution in [0.1, 0.15) is 12.7 Å². The topological polar surface area (TPSA) is 85.1 Å². The van der Waals surface area contributed by atoms with Crippen LogP contribution in [0.25, 0.3) is 10.8 Å². The van der Waals surface area contributed by atoms with Gasteiger partial charge in [-0.05, 0) is 18.4 Å². The zero-order chi connectivity index (χ0) is 14.8. The van der Waals surface area contributed by atoms with Crippen LogP contribution in [0.15, 0.2) is 22.0 Å². The second kappa shape index (κ2) is 5.94. The Bertz CT molecular complexity index is 655. The summed E-state index contributed by atoms with van der Waals surface area (Å²) in [5, 5.41) is 3.61. The minimum Gasteiger partial charge on any atom is -0.333 e. The average molecular weight is 323 g/mol. The van der Waals surface area contributed by atoms with E-state index in [-0.39, 0.29) is 18.3 Å². The molecule has 0 aliphatic rings. The lowest BCUT2D eigenvalue weighted by Gasteiger charge is -2.11. The van der Waals surface area contributed by atoms with Gasteiger partial charge in [0.1, 0.15) is 5.25 Å². The predicted molar refractivity (Wildman–Crippen MR) is 68.8 cm³/mol. The van der Waals surface area contributed by atoms with E-state index in [0.717, 1.165) is 11.8 Å². The number of alkyl halides is 2. The zero-order valence-corrected chi connectivity index (χ0v) is 11.9. The highest BCUT2D eigenvalue weighted by atomic mass is 32.2. The quantitative estimate of drug-likeness (QED) is 0.877. The minimum absolute atomic E-state index is 0.0819. The molecule has 1 unspecified atom stereocenters. The molecule has 2 aromatic rings. The van der Waals surface area contributed by atoms with Gasteiger partial charge in [-0.25, -0.2) is 21.9 Å². The van der Waals surface area contributed by atoms with Crippen molar-refractivity contribution < 1.29 is 21.7 Å². The fourth-order valence-electron chi connectivity index (χ4n) is 1.26. The van der Waals surface area contributed by atoms with Crippen molar-refractivity contribution >= 4 is 21.4 Å².